The molecule has 0 N–H and O–H groups in total. The molecule has 4 rings (SSSR count). The predicted octanol–water partition coefficient (Wildman–Crippen LogP) is 2.65. The van der Waals surface area contributed by atoms with Crippen molar-refractivity contribution in [1.82, 2.24) is 14.2 Å². The quantitative estimate of drug-likeness (QED) is 0.745. The second-order valence-electron chi connectivity index (χ2n) is 7.82. The van der Waals surface area contributed by atoms with Gasteiger partial charge in [0.1, 0.15) is 5.75 Å². The Labute approximate surface area is 167 Å². The van der Waals surface area contributed by atoms with E-state index in [0.29, 0.717) is 25.6 Å². The van der Waals surface area contributed by atoms with E-state index in [1.165, 1.54) is 17.4 Å². The molecule has 150 valence electrons. The minimum absolute atomic E-state index is 0.390. The molecule has 0 spiro atoms. The number of nitrogens with zero attached hydrogens (tertiary/aromatic N) is 3. The highest BCUT2D eigenvalue weighted by atomic mass is 32.2. The molecule has 2 aliphatic rings. The van der Waals surface area contributed by atoms with E-state index in [1.54, 1.807) is 10.5 Å². The van der Waals surface area contributed by atoms with E-state index in [-0.39, 0.29) is 0 Å². The average molecular weight is 402 g/mol. The van der Waals surface area contributed by atoms with Crippen molar-refractivity contribution >= 4 is 10.0 Å². The lowest BCUT2D eigenvalue weighted by Crippen LogP contribution is -2.39. The third-order valence-electron chi connectivity index (χ3n) is 5.62. The van der Waals surface area contributed by atoms with E-state index in [4.69, 9.17) is 4.74 Å². The van der Waals surface area contributed by atoms with Gasteiger partial charge in [0, 0.05) is 32.7 Å². The van der Waals surface area contributed by atoms with Gasteiger partial charge in [-0.3, -0.25) is 9.88 Å². The van der Waals surface area contributed by atoms with Crippen molar-refractivity contribution in [3.8, 4) is 5.75 Å². The highest BCUT2D eigenvalue weighted by Gasteiger charge is 2.25. The lowest BCUT2D eigenvalue weighted by molar-refractivity contribution is 0.185. The molecule has 2 aromatic rings. The third-order valence-corrected chi connectivity index (χ3v) is 6.92. The fourth-order valence-electron chi connectivity index (χ4n) is 3.96. The molecule has 1 aromatic carbocycles. The second kappa shape index (κ2) is 8.19. The zero-order valence-corrected chi connectivity index (χ0v) is 17.1. The summed E-state index contributed by atoms with van der Waals surface area (Å²) < 4.78 is 30.6. The Morgan fingerprint density at radius 3 is 2.32 bits per heavy atom. The van der Waals surface area contributed by atoms with Crippen molar-refractivity contribution in [3.63, 3.8) is 0 Å². The number of pyridine rings is 1. The first kappa shape index (κ1) is 19.4. The monoisotopic (exact) mass is 401 g/mol. The molecule has 1 aromatic heterocycles. The molecule has 0 unspecified atom stereocenters. The molecule has 0 radical (unpaired) electrons. The van der Waals surface area contributed by atoms with Gasteiger partial charge in [-0.05, 0) is 42.0 Å². The van der Waals surface area contributed by atoms with Crippen LogP contribution in [-0.4, -0.2) is 48.6 Å². The standard InChI is InChI=1S/C21H27N3O3S/c1-28(25,26)24-10-8-17(9-11-24)16-27-21-7-6-20(22-12-21)15-23-13-18-4-2-3-5-19(18)14-23/h2-7,12,17H,8-11,13-16H2,1H3. The Balaban J connectivity index is 1.23. The fraction of sp³-hybridized carbons (Fsp3) is 0.476. The first-order valence-corrected chi connectivity index (χ1v) is 11.6. The smallest absolute Gasteiger partial charge is 0.211 e. The number of hydrogen-bond donors (Lipinski definition) is 0. The number of fused-ring (bicyclic) bond motifs is 1. The number of benzene rings is 1. The Morgan fingerprint density at radius 2 is 1.75 bits per heavy atom. The van der Waals surface area contributed by atoms with Gasteiger partial charge < -0.3 is 4.74 Å². The van der Waals surface area contributed by atoms with Gasteiger partial charge in [0.15, 0.2) is 0 Å². The van der Waals surface area contributed by atoms with Gasteiger partial charge >= 0.3 is 0 Å². The molecule has 3 heterocycles. The maximum Gasteiger partial charge on any atom is 0.211 e. The predicted molar refractivity (Wildman–Crippen MR) is 108 cm³/mol. The van der Waals surface area contributed by atoms with Crippen LogP contribution in [0.25, 0.3) is 0 Å². The summed E-state index contributed by atoms with van der Waals surface area (Å²) >= 11 is 0. The molecular weight excluding hydrogens is 374 g/mol. The van der Waals surface area contributed by atoms with Crippen molar-refractivity contribution < 1.29 is 13.2 Å². The van der Waals surface area contributed by atoms with Gasteiger partial charge in [-0.2, -0.15) is 0 Å². The van der Waals surface area contributed by atoms with Crippen LogP contribution in [-0.2, 0) is 29.7 Å². The normalized spacial score (nSPS) is 18.9. The molecule has 0 bridgehead atoms. The van der Waals surface area contributed by atoms with E-state index in [2.05, 4.69) is 34.1 Å². The summed E-state index contributed by atoms with van der Waals surface area (Å²) in [6.07, 6.45) is 4.75. The number of aromatic nitrogens is 1. The van der Waals surface area contributed by atoms with Crippen LogP contribution in [0.3, 0.4) is 0 Å². The maximum atomic E-state index is 11.6. The number of ether oxygens (including phenoxy) is 1. The van der Waals surface area contributed by atoms with Gasteiger partial charge in [-0.25, -0.2) is 12.7 Å². The van der Waals surface area contributed by atoms with Crippen LogP contribution >= 0.6 is 0 Å². The number of sulfonamides is 1. The maximum absolute atomic E-state index is 11.6. The molecule has 0 aliphatic carbocycles. The van der Waals surface area contributed by atoms with Gasteiger partial charge in [0.2, 0.25) is 10.0 Å². The van der Waals surface area contributed by atoms with Crippen LogP contribution in [0.5, 0.6) is 5.75 Å². The van der Waals surface area contributed by atoms with Crippen molar-refractivity contribution in [2.45, 2.75) is 32.5 Å². The van der Waals surface area contributed by atoms with Gasteiger partial charge in [0.05, 0.1) is 24.8 Å². The summed E-state index contributed by atoms with van der Waals surface area (Å²) in [5, 5.41) is 0. The molecule has 0 atom stereocenters. The topological polar surface area (TPSA) is 62.7 Å². The molecule has 7 heteroatoms. The molecule has 0 saturated carbocycles. The summed E-state index contributed by atoms with van der Waals surface area (Å²) in [6.45, 7) is 4.56. The average Bonchev–Trinajstić information content (AvgIpc) is 3.09. The van der Waals surface area contributed by atoms with Crippen LogP contribution in [0, 0.1) is 5.92 Å². The minimum Gasteiger partial charge on any atom is -0.492 e. The summed E-state index contributed by atoms with van der Waals surface area (Å²) in [7, 11) is -3.07. The first-order chi connectivity index (χ1) is 13.5. The third kappa shape index (κ3) is 4.71. The minimum atomic E-state index is -3.07. The van der Waals surface area contributed by atoms with E-state index in [0.717, 1.165) is 43.9 Å². The summed E-state index contributed by atoms with van der Waals surface area (Å²) in [5.41, 5.74) is 3.86. The van der Waals surface area contributed by atoms with Crippen molar-refractivity contribution in [3.05, 3.63) is 59.4 Å². The molecule has 28 heavy (non-hydrogen) atoms. The van der Waals surface area contributed by atoms with E-state index >= 15 is 0 Å². The van der Waals surface area contributed by atoms with E-state index < -0.39 is 10.0 Å². The summed E-state index contributed by atoms with van der Waals surface area (Å²) in [6, 6.07) is 12.6. The molecule has 2 aliphatic heterocycles. The fourth-order valence-corrected chi connectivity index (χ4v) is 4.83. The summed E-state index contributed by atoms with van der Waals surface area (Å²) in [5.74, 6) is 1.17. The first-order valence-electron chi connectivity index (χ1n) is 9.79. The number of rotatable bonds is 6. The Hall–Kier alpha value is -1.96. The van der Waals surface area contributed by atoms with Gasteiger partial charge in [-0.1, -0.05) is 24.3 Å². The highest BCUT2D eigenvalue weighted by molar-refractivity contribution is 7.88. The lowest BCUT2D eigenvalue weighted by atomic mass is 9.99. The SMILES string of the molecule is CS(=O)(=O)N1CCC(COc2ccc(CN3Cc4ccccc4C3)nc2)CC1. The zero-order valence-electron chi connectivity index (χ0n) is 16.3. The van der Waals surface area contributed by atoms with Crippen molar-refractivity contribution in [2.24, 2.45) is 5.92 Å². The Morgan fingerprint density at radius 1 is 1.07 bits per heavy atom. The van der Waals surface area contributed by atoms with Gasteiger partial charge in [0.25, 0.3) is 0 Å². The Bertz CT molecular complexity index is 882. The second-order valence-corrected chi connectivity index (χ2v) is 9.80. The van der Waals surface area contributed by atoms with Crippen molar-refractivity contribution in [2.75, 3.05) is 26.0 Å². The largest absolute Gasteiger partial charge is 0.492 e. The zero-order chi connectivity index (χ0) is 19.6. The summed E-state index contributed by atoms with van der Waals surface area (Å²) in [4.78, 5) is 6.95. The van der Waals surface area contributed by atoms with Crippen LogP contribution < -0.4 is 4.74 Å². The van der Waals surface area contributed by atoms with E-state index in [1.807, 2.05) is 12.1 Å². The van der Waals surface area contributed by atoms with Crippen LogP contribution in [0.15, 0.2) is 42.6 Å². The van der Waals surface area contributed by atoms with Gasteiger partial charge in [-0.15, -0.1) is 0 Å². The Kier molecular flexibility index (Phi) is 5.66. The molecule has 1 saturated heterocycles. The lowest BCUT2D eigenvalue weighted by Gasteiger charge is -2.30. The van der Waals surface area contributed by atoms with Crippen molar-refractivity contribution in [1.29, 1.82) is 0 Å². The van der Waals surface area contributed by atoms with Crippen LogP contribution in [0.2, 0.25) is 0 Å². The molecular formula is C21H27N3O3S. The van der Waals surface area contributed by atoms with E-state index in [9.17, 15) is 8.42 Å². The molecule has 0 amide bonds. The molecule has 6 nitrogen and oxygen atoms in total. The van der Waals surface area contributed by atoms with Crippen LogP contribution in [0.1, 0.15) is 29.7 Å². The highest BCUT2D eigenvalue weighted by Crippen LogP contribution is 2.24. The molecule has 1 fully saturated rings. The number of piperidine rings is 1. The number of hydrogen-bond acceptors (Lipinski definition) is 5. The van der Waals surface area contributed by atoms with Crippen LogP contribution in [0.4, 0.5) is 0 Å².